The van der Waals surface area contributed by atoms with E-state index in [1.165, 1.54) is 25.2 Å². The lowest BCUT2D eigenvalue weighted by Crippen LogP contribution is -2.35. The maximum atomic E-state index is 15.4. The van der Waals surface area contributed by atoms with Crippen molar-refractivity contribution in [2.75, 3.05) is 0 Å². The summed E-state index contributed by atoms with van der Waals surface area (Å²) in [5.41, 5.74) is -0.220. The first kappa shape index (κ1) is 34.1. The monoisotopic (exact) mass is 705 g/mol. The van der Waals surface area contributed by atoms with E-state index >= 15 is 8.78 Å². The number of carbonyl (C=O) groups is 1. The molecule has 1 fully saturated rings. The van der Waals surface area contributed by atoms with Gasteiger partial charge in [0.15, 0.2) is 5.65 Å². The molecular weight excluding hydrogens is 673 g/mol. The van der Waals surface area contributed by atoms with Gasteiger partial charge in [-0.25, -0.2) is 32.4 Å². The SMILES string of the molecule is Cc1c(-c2ccc(C#CC(C)(C)O)nc2[C@H](Cc2cc(F)cc(F)c2)NC(=O)Cn2nc(C(C)F)c3c2C(F)(F)[C@@H]2C[C@H]32)ccc2n[nH]c(=O)n12. The first-order valence-corrected chi connectivity index (χ1v) is 16.2. The molecule has 0 bridgehead atoms. The molecule has 4 heterocycles. The summed E-state index contributed by atoms with van der Waals surface area (Å²) in [5.74, 6) is -1.88. The number of hydrogen-bond donors (Lipinski definition) is 3. The smallest absolute Gasteiger partial charge is 0.347 e. The van der Waals surface area contributed by atoms with Crippen molar-refractivity contribution in [1.82, 2.24) is 34.7 Å². The van der Waals surface area contributed by atoms with Crippen LogP contribution in [-0.2, 0) is 23.7 Å². The Hall–Kier alpha value is -5.36. The number of pyridine rings is 2. The number of benzene rings is 1. The number of amides is 1. The van der Waals surface area contributed by atoms with Crippen molar-refractivity contribution in [3.8, 4) is 23.0 Å². The Balaban J connectivity index is 1.35. The highest BCUT2D eigenvalue weighted by molar-refractivity contribution is 5.78. The number of nitrogens with zero attached hydrogens (tertiary/aromatic N) is 5. The molecule has 15 heteroatoms. The van der Waals surface area contributed by atoms with Gasteiger partial charge in [-0.1, -0.05) is 5.92 Å². The van der Waals surface area contributed by atoms with E-state index in [9.17, 15) is 27.9 Å². The van der Waals surface area contributed by atoms with Crippen LogP contribution >= 0.6 is 0 Å². The molecule has 0 saturated heterocycles. The summed E-state index contributed by atoms with van der Waals surface area (Å²) in [5, 5.41) is 23.5. The average molecular weight is 706 g/mol. The van der Waals surface area contributed by atoms with E-state index in [1.54, 1.807) is 31.2 Å². The maximum absolute atomic E-state index is 15.4. The van der Waals surface area contributed by atoms with Gasteiger partial charge in [0.25, 0.3) is 5.92 Å². The van der Waals surface area contributed by atoms with E-state index in [-0.39, 0.29) is 41.1 Å². The fourth-order valence-corrected chi connectivity index (χ4v) is 6.95. The van der Waals surface area contributed by atoms with Crippen LogP contribution in [0, 0.1) is 36.3 Å². The normalized spacial score (nSPS) is 18.5. The Morgan fingerprint density at radius 3 is 2.53 bits per heavy atom. The largest absolute Gasteiger partial charge is 0.378 e. The number of aromatic nitrogens is 6. The summed E-state index contributed by atoms with van der Waals surface area (Å²) < 4.78 is 76.4. The average Bonchev–Trinajstić information content (AvgIpc) is 3.54. The van der Waals surface area contributed by atoms with Crippen LogP contribution in [0.1, 0.15) is 84.9 Å². The van der Waals surface area contributed by atoms with Crippen molar-refractivity contribution in [1.29, 1.82) is 0 Å². The quantitative estimate of drug-likeness (QED) is 0.148. The number of H-pyrrole nitrogens is 1. The predicted octanol–water partition coefficient (Wildman–Crippen LogP) is 5.33. The summed E-state index contributed by atoms with van der Waals surface area (Å²) in [4.78, 5) is 31.2. The molecule has 264 valence electrons. The zero-order valence-corrected chi connectivity index (χ0v) is 27.9. The highest BCUT2D eigenvalue weighted by Gasteiger charge is 2.67. The minimum Gasteiger partial charge on any atom is -0.378 e. The number of fused-ring (bicyclic) bond motifs is 4. The highest BCUT2D eigenvalue weighted by atomic mass is 19.3. The topological polar surface area (TPSA) is 130 Å². The number of aliphatic hydroxyl groups is 1. The van der Waals surface area contributed by atoms with Gasteiger partial charge in [0.2, 0.25) is 5.91 Å². The number of halogens is 5. The Kier molecular flexibility index (Phi) is 8.13. The van der Waals surface area contributed by atoms with Gasteiger partial charge in [0.05, 0.1) is 11.7 Å². The van der Waals surface area contributed by atoms with E-state index < -0.39 is 71.0 Å². The van der Waals surface area contributed by atoms with Crippen molar-refractivity contribution in [2.24, 2.45) is 5.92 Å². The minimum absolute atomic E-state index is 0.128. The first-order chi connectivity index (χ1) is 24.0. The Morgan fingerprint density at radius 1 is 1.14 bits per heavy atom. The van der Waals surface area contributed by atoms with Crippen molar-refractivity contribution < 1.29 is 31.9 Å². The number of hydrogen-bond acceptors (Lipinski definition) is 6. The molecule has 51 heavy (non-hydrogen) atoms. The van der Waals surface area contributed by atoms with Gasteiger partial charge in [0, 0.05) is 34.4 Å². The second-order valence-corrected chi connectivity index (χ2v) is 13.6. The van der Waals surface area contributed by atoms with Crippen molar-refractivity contribution in [3.63, 3.8) is 0 Å². The van der Waals surface area contributed by atoms with Crippen LogP contribution in [0.15, 0.2) is 47.3 Å². The van der Waals surface area contributed by atoms with Crippen LogP contribution in [0.4, 0.5) is 22.0 Å². The van der Waals surface area contributed by atoms with Gasteiger partial charge in [-0.3, -0.25) is 9.48 Å². The lowest BCUT2D eigenvalue weighted by atomic mass is 9.94. The molecule has 4 aromatic heterocycles. The molecule has 7 rings (SSSR count). The van der Waals surface area contributed by atoms with Gasteiger partial charge < -0.3 is 10.4 Å². The highest BCUT2D eigenvalue weighted by Crippen LogP contribution is 2.68. The molecule has 4 atom stereocenters. The van der Waals surface area contributed by atoms with Crippen LogP contribution in [0.25, 0.3) is 16.8 Å². The summed E-state index contributed by atoms with van der Waals surface area (Å²) in [7, 11) is 0. The van der Waals surface area contributed by atoms with E-state index in [4.69, 9.17) is 4.98 Å². The van der Waals surface area contributed by atoms with Gasteiger partial charge in [-0.15, -0.1) is 0 Å². The predicted molar refractivity (Wildman–Crippen MR) is 174 cm³/mol. The molecule has 2 aliphatic rings. The number of nitrogens with one attached hydrogen (secondary N) is 2. The molecule has 1 unspecified atom stereocenters. The molecule has 0 aliphatic heterocycles. The molecular formula is C36H32F5N7O3. The Labute approximate surface area is 287 Å². The van der Waals surface area contributed by atoms with Gasteiger partial charge in [-0.2, -0.15) is 19.0 Å². The summed E-state index contributed by atoms with van der Waals surface area (Å²) >= 11 is 0. The molecule has 0 spiro atoms. The zero-order chi connectivity index (χ0) is 36.6. The van der Waals surface area contributed by atoms with Crippen molar-refractivity contribution >= 4 is 11.6 Å². The molecule has 1 saturated carbocycles. The molecule has 0 radical (unpaired) electrons. The number of carbonyl (C=O) groups excluding carboxylic acids is 1. The third kappa shape index (κ3) is 6.28. The summed E-state index contributed by atoms with van der Waals surface area (Å²) in [6, 6.07) is 8.20. The van der Waals surface area contributed by atoms with E-state index in [1.807, 2.05) is 0 Å². The van der Waals surface area contributed by atoms with E-state index in [0.717, 1.165) is 16.8 Å². The Bertz CT molecular complexity index is 2320. The fourth-order valence-electron chi connectivity index (χ4n) is 6.95. The lowest BCUT2D eigenvalue weighted by Gasteiger charge is -2.23. The molecule has 1 aromatic carbocycles. The molecule has 3 N–H and O–H groups in total. The van der Waals surface area contributed by atoms with Crippen LogP contribution in [0.2, 0.25) is 0 Å². The van der Waals surface area contributed by atoms with Gasteiger partial charge in [0.1, 0.15) is 47.0 Å². The molecule has 1 amide bonds. The number of aromatic amines is 1. The lowest BCUT2D eigenvalue weighted by molar-refractivity contribution is -0.122. The van der Waals surface area contributed by atoms with Crippen molar-refractivity contribution in [3.05, 3.63) is 104 Å². The summed E-state index contributed by atoms with van der Waals surface area (Å²) in [6.45, 7) is 5.12. The number of alkyl halides is 3. The van der Waals surface area contributed by atoms with Gasteiger partial charge in [-0.05, 0) is 94.3 Å². The minimum atomic E-state index is -3.30. The van der Waals surface area contributed by atoms with Crippen LogP contribution in [0.3, 0.4) is 0 Å². The zero-order valence-electron chi connectivity index (χ0n) is 27.9. The molecule has 5 aromatic rings. The number of aryl methyl sites for hydroxylation is 1. The summed E-state index contributed by atoms with van der Waals surface area (Å²) in [6.07, 6.45) is -1.65. The molecule has 2 aliphatic carbocycles. The maximum Gasteiger partial charge on any atom is 0.347 e. The molecule has 10 nitrogen and oxygen atoms in total. The van der Waals surface area contributed by atoms with Gasteiger partial charge >= 0.3 is 5.69 Å². The first-order valence-electron chi connectivity index (χ1n) is 16.2. The second kappa shape index (κ2) is 12.2. The third-order valence-corrected chi connectivity index (χ3v) is 9.19. The number of rotatable bonds is 8. The van der Waals surface area contributed by atoms with Crippen LogP contribution in [-0.4, -0.2) is 46.0 Å². The third-order valence-electron chi connectivity index (χ3n) is 9.19. The van der Waals surface area contributed by atoms with E-state index in [2.05, 4.69) is 32.5 Å². The van der Waals surface area contributed by atoms with Crippen LogP contribution in [0.5, 0.6) is 0 Å². The Morgan fingerprint density at radius 2 is 1.84 bits per heavy atom. The fraction of sp³-hybridized carbons (Fsp3) is 0.361. The van der Waals surface area contributed by atoms with Crippen LogP contribution < -0.4 is 11.0 Å². The standard InChI is InChI=1S/C36H32F5N7O3/c1-17(37)31-30-25-15-26(25)36(40,41)33(30)47(46-31)16-29(49)43-27(13-19-11-20(38)14-21(39)12-19)32-24(6-5-22(42-32)9-10-35(3,4)51)23-7-8-28-44-45-34(50)48(28)18(23)2/h5-8,11-12,14,17,25-27,51H,13,15-16H2,1-4H3,(H,43,49)(H,45,50)/t17?,25-,26+,27-/m0/s1. The van der Waals surface area contributed by atoms with E-state index in [0.29, 0.717) is 28.5 Å². The second-order valence-electron chi connectivity index (χ2n) is 13.6. The van der Waals surface area contributed by atoms with Crippen molar-refractivity contribution in [2.45, 2.75) is 76.7 Å².